The third-order valence-corrected chi connectivity index (χ3v) is 4.57. The molecule has 2 aliphatic heterocycles. The Balaban J connectivity index is 1.58. The number of nitrogens with zero attached hydrogens (tertiary/aromatic N) is 2. The highest BCUT2D eigenvalue weighted by atomic mass is 15.2. The maximum absolute atomic E-state index is 2.69. The minimum atomic E-state index is 0.891. The van der Waals surface area contributed by atoms with Gasteiger partial charge in [-0.1, -0.05) is 13.8 Å². The van der Waals surface area contributed by atoms with Gasteiger partial charge in [-0.15, -0.1) is 0 Å². The van der Waals surface area contributed by atoms with Crippen molar-refractivity contribution in [1.29, 1.82) is 0 Å². The van der Waals surface area contributed by atoms with Crippen LogP contribution in [0.15, 0.2) is 0 Å². The van der Waals surface area contributed by atoms with E-state index in [1.165, 1.54) is 52.0 Å². The Morgan fingerprint density at radius 2 is 1.75 bits per heavy atom. The smallest absolute Gasteiger partial charge is 0.00194 e. The van der Waals surface area contributed by atoms with Gasteiger partial charge in [0.1, 0.15) is 0 Å². The minimum Gasteiger partial charge on any atom is -0.306 e. The van der Waals surface area contributed by atoms with E-state index in [4.69, 9.17) is 0 Å². The molecule has 2 heteroatoms. The lowest BCUT2D eigenvalue weighted by molar-refractivity contribution is 0.0975. The maximum Gasteiger partial charge on any atom is 0.00194 e. The Morgan fingerprint density at radius 3 is 2.25 bits per heavy atom. The van der Waals surface area contributed by atoms with Crippen LogP contribution in [-0.4, -0.2) is 49.6 Å². The van der Waals surface area contributed by atoms with Crippen LogP contribution in [0, 0.1) is 17.8 Å². The number of rotatable bonds is 4. The second kappa shape index (κ2) is 5.50. The highest BCUT2D eigenvalue weighted by Gasteiger charge is 2.25. The molecule has 0 saturated carbocycles. The second-order valence-electron chi connectivity index (χ2n) is 6.30. The standard InChI is InChI=1S/C14H28N2/c1-12(2)14-5-8-16(9-6-14)7-4-13-10-15(3)11-13/h12-14H,4-11H2,1-3H3. The molecule has 0 spiro atoms. The number of hydrogen-bond acceptors (Lipinski definition) is 2. The van der Waals surface area contributed by atoms with E-state index >= 15 is 0 Å². The van der Waals surface area contributed by atoms with Gasteiger partial charge in [0.15, 0.2) is 0 Å². The van der Waals surface area contributed by atoms with Crippen LogP contribution in [0.4, 0.5) is 0 Å². The summed E-state index contributed by atoms with van der Waals surface area (Å²) in [5.74, 6) is 2.88. The average Bonchev–Trinajstić information content (AvgIpc) is 2.23. The van der Waals surface area contributed by atoms with Crippen LogP contribution in [0.3, 0.4) is 0 Å². The Hall–Kier alpha value is -0.0800. The van der Waals surface area contributed by atoms with Gasteiger partial charge in [-0.3, -0.25) is 0 Å². The Bertz CT molecular complexity index is 201. The first-order valence-electron chi connectivity index (χ1n) is 7.06. The van der Waals surface area contributed by atoms with Crippen molar-refractivity contribution in [3.05, 3.63) is 0 Å². The zero-order valence-electron chi connectivity index (χ0n) is 11.3. The molecule has 94 valence electrons. The van der Waals surface area contributed by atoms with E-state index in [-0.39, 0.29) is 0 Å². The molecule has 2 saturated heterocycles. The van der Waals surface area contributed by atoms with Crippen molar-refractivity contribution in [2.75, 3.05) is 39.8 Å². The predicted octanol–water partition coefficient (Wildman–Crippen LogP) is 2.31. The summed E-state index contributed by atoms with van der Waals surface area (Å²) in [6, 6.07) is 0. The topological polar surface area (TPSA) is 6.48 Å². The predicted molar refractivity (Wildman–Crippen MR) is 69.6 cm³/mol. The molecular weight excluding hydrogens is 196 g/mol. The van der Waals surface area contributed by atoms with Gasteiger partial charge in [-0.25, -0.2) is 0 Å². The molecule has 0 aromatic carbocycles. The van der Waals surface area contributed by atoms with Gasteiger partial charge >= 0.3 is 0 Å². The van der Waals surface area contributed by atoms with Crippen LogP contribution in [0.1, 0.15) is 33.1 Å². The molecule has 0 atom stereocenters. The fourth-order valence-corrected chi connectivity index (χ4v) is 3.22. The van der Waals surface area contributed by atoms with Gasteiger partial charge in [0.2, 0.25) is 0 Å². The first kappa shape index (κ1) is 12.4. The summed E-state index contributed by atoms with van der Waals surface area (Å²) in [5, 5.41) is 0. The molecule has 2 heterocycles. The van der Waals surface area contributed by atoms with E-state index in [9.17, 15) is 0 Å². The van der Waals surface area contributed by atoms with Crippen LogP contribution >= 0.6 is 0 Å². The number of piperidine rings is 1. The Labute approximate surface area is 101 Å². The summed E-state index contributed by atoms with van der Waals surface area (Å²) >= 11 is 0. The normalized spacial score (nSPS) is 26.2. The molecule has 0 radical (unpaired) electrons. The lowest BCUT2D eigenvalue weighted by atomic mass is 9.86. The van der Waals surface area contributed by atoms with E-state index in [2.05, 4.69) is 30.7 Å². The van der Waals surface area contributed by atoms with Gasteiger partial charge in [-0.2, -0.15) is 0 Å². The summed E-state index contributed by atoms with van der Waals surface area (Å²) in [7, 11) is 2.23. The molecule has 2 aliphatic rings. The highest BCUT2D eigenvalue weighted by Crippen LogP contribution is 2.25. The van der Waals surface area contributed by atoms with Gasteiger partial charge in [0.25, 0.3) is 0 Å². The number of hydrogen-bond donors (Lipinski definition) is 0. The van der Waals surface area contributed by atoms with E-state index in [0.29, 0.717) is 0 Å². The van der Waals surface area contributed by atoms with Gasteiger partial charge in [0, 0.05) is 13.1 Å². The van der Waals surface area contributed by atoms with E-state index in [1.54, 1.807) is 0 Å². The van der Waals surface area contributed by atoms with Crippen LogP contribution in [0.25, 0.3) is 0 Å². The summed E-state index contributed by atoms with van der Waals surface area (Å²) in [4.78, 5) is 5.12. The molecule has 2 nitrogen and oxygen atoms in total. The Morgan fingerprint density at radius 1 is 1.12 bits per heavy atom. The lowest BCUT2D eigenvalue weighted by Gasteiger charge is -2.39. The fourth-order valence-electron chi connectivity index (χ4n) is 3.22. The van der Waals surface area contributed by atoms with Crippen LogP contribution < -0.4 is 0 Å². The fraction of sp³-hybridized carbons (Fsp3) is 1.00. The SMILES string of the molecule is CC(C)C1CCN(CCC2CN(C)C2)CC1. The molecular formula is C14H28N2. The van der Waals surface area contributed by atoms with Crippen LogP contribution in [0.2, 0.25) is 0 Å². The molecule has 0 aromatic rings. The quantitative estimate of drug-likeness (QED) is 0.723. The van der Waals surface area contributed by atoms with Crippen molar-refractivity contribution in [1.82, 2.24) is 9.80 Å². The summed E-state index contributed by atoms with van der Waals surface area (Å²) < 4.78 is 0. The van der Waals surface area contributed by atoms with E-state index in [0.717, 1.165) is 17.8 Å². The molecule has 0 aliphatic carbocycles. The number of likely N-dealkylation sites (tertiary alicyclic amines) is 2. The van der Waals surface area contributed by atoms with Crippen molar-refractivity contribution in [2.24, 2.45) is 17.8 Å². The summed E-state index contributed by atoms with van der Waals surface area (Å²) in [5.41, 5.74) is 0. The third-order valence-electron chi connectivity index (χ3n) is 4.57. The molecule has 16 heavy (non-hydrogen) atoms. The van der Waals surface area contributed by atoms with Crippen molar-refractivity contribution in [3.63, 3.8) is 0 Å². The molecule has 2 rings (SSSR count). The van der Waals surface area contributed by atoms with Crippen molar-refractivity contribution in [3.8, 4) is 0 Å². The molecule has 2 fully saturated rings. The van der Waals surface area contributed by atoms with Crippen molar-refractivity contribution >= 4 is 0 Å². The molecule has 0 bridgehead atoms. The minimum absolute atomic E-state index is 0.891. The van der Waals surface area contributed by atoms with Crippen LogP contribution in [-0.2, 0) is 0 Å². The zero-order valence-corrected chi connectivity index (χ0v) is 11.3. The highest BCUT2D eigenvalue weighted by molar-refractivity contribution is 4.79. The molecule has 0 aromatic heterocycles. The maximum atomic E-state index is 2.69. The van der Waals surface area contributed by atoms with Crippen molar-refractivity contribution < 1.29 is 0 Å². The van der Waals surface area contributed by atoms with Gasteiger partial charge in [0.05, 0.1) is 0 Å². The largest absolute Gasteiger partial charge is 0.306 e. The molecule has 0 N–H and O–H groups in total. The third kappa shape index (κ3) is 3.21. The Kier molecular flexibility index (Phi) is 4.26. The first-order chi connectivity index (χ1) is 7.65. The first-order valence-corrected chi connectivity index (χ1v) is 7.06. The van der Waals surface area contributed by atoms with E-state index in [1.807, 2.05) is 0 Å². The lowest BCUT2D eigenvalue weighted by Crippen LogP contribution is -2.45. The average molecular weight is 224 g/mol. The molecule has 0 unspecified atom stereocenters. The van der Waals surface area contributed by atoms with Crippen LogP contribution in [0.5, 0.6) is 0 Å². The monoisotopic (exact) mass is 224 g/mol. The van der Waals surface area contributed by atoms with Gasteiger partial charge < -0.3 is 9.80 Å². The summed E-state index contributed by atoms with van der Waals surface area (Å²) in [6.07, 6.45) is 4.29. The van der Waals surface area contributed by atoms with Gasteiger partial charge in [-0.05, 0) is 63.7 Å². The summed E-state index contributed by atoms with van der Waals surface area (Å²) in [6.45, 7) is 11.5. The second-order valence-corrected chi connectivity index (χ2v) is 6.30. The zero-order chi connectivity index (χ0) is 11.5. The van der Waals surface area contributed by atoms with E-state index < -0.39 is 0 Å². The van der Waals surface area contributed by atoms with Crippen molar-refractivity contribution in [2.45, 2.75) is 33.1 Å². The molecule has 0 amide bonds.